The number of methoxy groups -OCH3 is 1. The van der Waals surface area contributed by atoms with Gasteiger partial charge in [-0.15, -0.1) is 16.4 Å². The number of nitrogens with zero attached hydrogens (tertiary/aromatic N) is 4. The molecule has 21 heavy (non-hydrogen) atoms. The van der Waals surface area contributed by atoms with Crippen molar-refractivity contribution in [1.82, 2.24) is 20.0 Å². The highest BCUT2D eigenvalue weighted by atomic mass is 32.1. The van der Waals surface area contributed by atoms with E-state index in [1.807, 2.05) is 13.8 Å². The summed E-state index contributed by atoms with van der Waals surface area (Å²) in [5.41, 5.74) is 1.85. The molecule has 0 amide bonds. The van der Waals surface area contributed by atoms with Gasteiger partial charge in [-0.1, -0.05) is 25.5 Å². The minimum absolute atomic E-state index is 0.257. The van der Waals surface area contributed by atoms with Crippen LogP contribution in [0.1, 0.15) is 41.5 Å². The number of aryl methyl sites for hydroxylation is 2. The van der Waals surface area contributed by atoms with Gasteiger partial charge in [0.15, 0.2) is 5.69 Å². The monoisotopic (exact) mass is 308 g/mol. The van der Waals surface area contributed by atoms with Crippen molar-refractivity contribution in [3.63, 3.8) is 0 Å². The van der Waals surface area contributed by atoms with Gasteiger partial charge in [-0.2, -0.15) is 0 Å². The first kappa shape index (κ1) is 15.6. The summed E-state index contributed by atoms with van der Waals surface area (Å²) in [4.78, 5) is 17.3. The van der Waals surface area contributed by atoms with Gasteiger partial charge in [0, 0.05) is 6.54 Å². The number of carbonyl (C=O) groups is 1. The van der Waals surface area contributed by atoms with Crippen LogP contribution in [0.3, 0.4) is 0 Å². The van der Waals surface area contributed by atoms with E-state index in [1.165, 1.54) is 7.11 Å². The predicted molar refractivity (Wildman–Crippen MR) is 81.4 cm³/mol. The summed E-state index contributed by atoms with van der Waals surface area (Å²) >= 11 is 1.54. The third-order valence-corrected chi connectivity index (χ3v) is 4.49. The molecule has 2 rings (SSSR count). The number of hydrogen-bond donors (Lipinski definition) is 0. The number of aromatic nitrogens is 4. The van der Waals surface area contributed by atoms with E-state index in [-0.39, 0.29) is 5.69 Å². The minimum Gasteiger partial charge on any atom is -0.464 e. The summed E-state index contributed by atoms with van der Waals surface area (Å²) in [5, 5.41) is 9.12. The Morgan fingerprint density at radius 2 is 2.14 bits per heavy atom. The predicted octanol–water partition coefficient (Wildman–Crippen LogP) is 2.85. The summed E-state index contributed by atoms with van der Waals surface area (Å²) in [6.45, 7) is 8.87. The molecule has 2 aromatic heterocycles. The lowest BCUT2D eigenvalue weighted by atomic mass is 10.1. The Labute approximate surface area is 128 Å². The Morgan fingerprint density at radius 3 is 2.67 bits per heavy atom. The molecule has 2 aromatic rings. The van der Waals surface area contributed by atoms with E-state index in [2.05, 4.69) is 29.1 Å². The number of ether oxygens (including phenoxy) is 1. The smallest absolute Gasteiger partial charge is 0.360 e. The molecule has 0 aliphatic heterocycles. The lowest BCUT2D eigenvalue weighted by molar-refractivity contribution is 0.0595. The van der Waals surface area contributed by atoms with Crippen LogP contribution in [0.2, 0.25) is 0 Å². The molecule has 0 aliphatic rings. The van der Waals surface area contributed by atoms with E-state index in [4.69, 9.17) is 4.74 Å². The van der Waals surface area contributed by atoms with E-state index in [0.717, 1.165) is 22.0 Å². The Bertz CT molecular complexity index is 647. The zero-order valence-electron chi connectivity index (χ0n) is 13.0. The second-order valence-electron chi connectivity index (χ2n) is 5.12. The number of hydrogen-bond acceptors (Lipinski definition) is 6. The summed E-state index contributed by atoms with van der Waals surface area (Å²) in [7, 11) is 1.35. The number of esters is 1. The van der Waals surface area contributed by atoms with Crippen LogP contribution in [0.15, 0.2) is 0 Å². The van der Waals surface area contributed by atoms with Crippen LogP contribution < -0.4 is 0 Å². The first-order valence-electron chi connectivity index (χ1n) is 6.94. The molecular weight excluding hydrogens is 288 g/mol. The van der Waals surface area contributed by atoms with Crippen LogP contribution in [0.5, 0.6) is 0 Å². The van der Waals surface area contributed by atoms with Gasteiger partial charge in [-0.3, -0.25) is 0 Å². The van der Waals surface area contributed by atoms with Crippen LogP contribution in [0.25, 0.3) is 10.6 Å². The fourth-order valence-electron chi connectivity index (χ4n) is 2.08. The highest BCUT2D eigenvalue weighted by Crippen LogP contribution is 2.32. The van der Waals surface area contributed by atoms with Crippen LogP contribution in [-0.4, -0.2) is 33.1 Å². The maximum atomic E-state index is 11.9. The molecule has 6 nitrogen and oxygen atoms in total. The second kappa shape index (κ2) is 6.34. The van der Waals surface area contributed by atoms with Gasteiger partial charge < -0.3 is 4.74 Å². The molecule has 0 saturated heterocycles. The summed E-state index contributed by atoms with van der Waals surface area (Å²) in [5.74, 6) is -0.0175. The van der Waals surface area contributed by atoms with Crippen molar-refractivity contribution >= 4 is 17.3 Å². The van der Waals surface area contributed by atoms with Crippen LogP contribution in [0.4, 0.5) is 0 Å². The highest BCUT2D eigenvalue weighted by molar-refractivity contribution is 7.15. The van der Waals surface area contributed by atoms with Crippen LogP contribution >= 0.6 is 11.3 Å². The van der Waals surface area contributed by atoms with Crippen molar-refractivity contribution in [1.29, 1.82) is 0 Å². The Hall–Kier alpha value is -1.76. The second-order valence-corrected chi connectivity index (χ2v) is 6.32. The number of rotatable bonds is 5. The average Bonchev–Trinajstić information content (AvgIpc) is 3.00. The molecule has 0 radical (unpaired) electrons. The molecule has 2 heterocycles. The third kappa shape index (κ3) is 3.12. The standard InChI is InChI=1S/C14H20N4O2S/c1-6-8(2)7-18-12(11(16-17-18)14(19)20-5)13-9(3)15-10(4)21-13/h8H,6-7H2,1-5H3. The first-order chi connectivity index (χ1) is 9.97. The van der Waals surface area contributed by atoms with Crippen molar-refractivity contribution in [2.24, 2.45) is 5.92 Å². The molecule has 0 saturated carbocycles. The summed E-state index contributed by atoms with van der Waals surface area (Å²) in [6, 6.07) is 0. The van der Waals surface area contributed by atoms with E-state index in [1.54, 1.807) is 16.0 Å². The number of carbonyl (C=O) groups excluding carboxylic acids is 1. The van der Waals surface area contributed by atoms with Crippen LogP contribution in [0, 0.1) is 19.8 Å². The van der Waals surface area contributed by atoms with Gasteiger partial charge in [0.1, 0.15) is 5.69 Å². The van der Waals surface area contributed by atoms with Crippen molar-refractivity contribution in [2.75, 3.05) is 7.11 Å². The van der Waals surface area contributed by atoms with E-state index >= 15 is 0 Å². The molecule has 1 atom stereocenters. The van der Waals surface area contributed by atoms with Gasteiger partial charge >= 0.3 is 5.97 Å². The SMILES string of the molecule is CCC(C)Cn1nnc(C(=O)OC)c1-c1sc(C)nc1C. The normalized spacial score (nSPS) is 12.4. The minimum atomic E-state index is -0.467. The molecule has 0 fully saturated rings. The quantitative estimate of drug-likeness (QED) is 0.794. The van der Waals surface area contributed by atoms with Gasteiger partial charge in [-0.05, 0) is 19.8 Å². The largest absolute Gasteiger partial charge is 0.464 e. The van der Waals surface area contributed by atoms with Gasteiger partial charge in [0.05, 0.1) is 22.7 Å². The molecule has 1 unspecified atom stereocenters. The van der Waals surface area contributed by atoms with Crippen LogP contribution in [-0.2, 0) is 11.3 Å². The maximum absolute atomic E-state index is 11.9. The third-order valence-electron chi connectivity index (χ3n) is 3.41. The Kier molecular flexibility index (Phi) is 4.72. The zero-order valence-corrected chi connectivity index (χ0v) is 13.8. The van der Waals surface area contributed by atoms with Gasteiger partial charge in [0.25, 0.3) is 0 Å². The molecule has 0 aromatic carbocycles. The summed E-state index contributed by atoms with van der Waals surface area (Å²) < 4.78 is 6.61. The van der Waals surface area contributed by atoms with E-state index in [0.29, 0.717) is 18.2 Å². The maximum Gasteiger partial charge on any atom is 0.360 e. The molecule has 114 valence electrons. The topological polar surface area (TPSA) is 69.9 Å². The molecule has 0 aliphatic carbocycles. The molecule has 7 heteroatoms. The average molecular weight is 308 g/mol. The fourth-order valence-corrected chi connectivity index (χ4v) is 3.05. The zero-order chi connectivity index (χ0) is 15.6. The fraction of sp³-hybridized carbons (Fsp3) is 0.571. The Balaban J connectivity index is 2.55. The van der Waals surface area contributed by atoms with E-state index in [9.17, 15) is 4.79 Å². The Morgan fingerprint density at radius 1 is 1.43 bits per heavy atom. The highest BCUT2D eigenvalue weighted by Gasteiger charge is 2.25. The van der Waals surface area contributed by atoms with Crippen molar-refractivity contribution in [3.05, 3.63) is 16.4 Å². The first-order valence-corrected chi connectivity index (χ1v) is 7.75. The van der Waals surface area contributed by atoms with Crippen molar-refractivity contribution < 1.29 is 9.53 Å². The van der Waals surface area contributed by atoms with Gasteiger partial charge in [0.2, 0.25) is 0 Å². The molecular formula is C14H20N4O2S. The molecule has 0 spiro atoms. The lowest BCUT2D eigenvalue weighted by Gasteiger charge is -2.11. The van der Waals surface area contributed by atoms with Crippen molar-refractivity contribution in [3.8, 4) is 10.6 Å². The van der Waals surface area contributed by atoms with Crippen molar-refractivity contribution in [2.45, 2.75) is 40.7 Å². The summed E-state index contributed by atoms with van der Waals surface area (Å²) in [6.07, 6.45) is 1.04. The van der Waals surface area contributed by atoms with E-state index < -0.39 is 5.97 Å². The molecule has 0 N–H and O–H groups in total. The number of thiazole rings is 1. The molecule has 0 bridgehead atoms. The van der Waals surface area contributed by atoms with Gasteiger partial charge in [-0.25, -0.2) is 14.5 Å². The lowest BCUT2D eigenvalue weighted by Crippen LogP contribution is -2.11.